The predicted octanol–water partition coefficient (Wildman–Crippen LogP) is 15.7. The maximum atomic E-state index is 14.2. The van der Waals surface area contributed by atoms with E-state index in [1.54, 1.807) is 128 Å². The topological polar surface area (TPSA) is 197 Å². The molecule has 89 heavy (non-hydrogen) atoms. The molecule has 16 heteroatoms. The van der Waals surface area contributed by atoms with Crippen LogP contribution in [0.15, 0.2) is 255 Å². The Kier molecular flexibility index (Phi) is 15.4. The lowest BCUT2D eigenvalue weighted by Crippen LogP contribution is -2.56. The summed E-state index contributed by atoms with van der Waals surface area (Å²) in [5.41, 5.74) is 6.09. The highest BCUT2D eigenvalue weighted by atomic mass is 32.2. The number of pyridine rings is 1. The largest absolute Gasteiger partial charge is 0.457 e. The summed E-state index contributed by atoms with van der Waals surface area (Å²) in [6.45, 7) is 3.72. The van der Waals surface area contributed by atoms with Gasteiger partial charge in [-0.1, -0.05) is 102 Å². The third-order valence-electron chi connectivity index (χ3n) is 17.8. The van der Waals surface area contributed by atoms with E-state index in [9.17, 15) is 39.4 Å². The summed E-state index contributed by atoms with van der Waals surface area (Å²) < 4.78 is 107. The summed E-state index contributed by atoms with van der Waals surface area (Å²) >= 11 is 0. The number of aromatic nitrogens is 1. The van der Waals surface area contributed by atoms with Crippen LogP contribution in [0.25, 0.3) is 22.3 Å². The molecule has 0 aliphatic heterocycles. The molecule has 1 N–H and O–H groups in total. The van der Waals surface area contributed by atoms with Crippen molar-refractivity contribution in [3.63, 3.8) is 0 Å². The number of nitrogens with zero attached hydrogens (tertiary/aromatic N) is 1. The first-order chi connectivity index (χ1) is 42.8. The van der Waals surface area contributed by atoms with Gasteiger partial charge in [-0.15, -0.1) is 0 Å². The molecule has 0 saturated heterocycles. The molecule has 4 aliphatic rings. The number of aryl methyl sites for hydroxylation is 2. The zero-order valence-corrected chi connectivity index (χ0v) is 50.8. The number of esters is 1. The van der Waals surface area contributed by atoms with Gasteiger partial charge in [0.1, 0.15) is 23.0 Å². The molecule has 4 saturated carbocycles. The number of carbonyl (C=O) groups excluding carboxylic acids is 2. The highest BCUT2D eigenvalue weighted by Gasteiger charge is 2.58. The van der Waals surface area contributed by atoms with E-state index in [0.29, 0.717) is 57.1 Å². The van der Waals surface area contributed by atoms with E-state index in [4.69, 9.17) is 14.2 Å². The Balaban J connectivity index is 0.723. The molecule has 14 rings (SSSR count). The zero-order valence-electron chi connectivity index (χ0n) is 48.4. The van der Waals surface area contributed by atoms with Gasteiger partial charge >= 0.3 is 5.97 Å². The highest BCUT2D eigenvalue weighted by molar-refractivity contribution is 7.91. The first-order valence-electron chi connectivity index (χ1n) is 29.2. The van der Waals surface area contributed by atoms with E-state index < -0.39 is 46.4 Å². The third-order valence-corrected chi connectivity index (χ3v) is 22.3. The van der Waals surface area contributed by atoms with Gasteiger partial charge in [0.25, 0.3) is 10.1 Å². The second-order valence-electron chi connectivity index (χ2n) is 23.4. The molecule has 0 spiro atoms. The Morgan fingerprint density at radius 3 is 1.42 bits per heavy atom. The van der Waals surface area contributed by atoms with Crippen LogP contribution in [0.4, 0.5) is 0 Å². The summed E-state index contributed by atoms with van der Waals surface area (Å²) in [5.74, 6) is 3.40. The quantitative estimate of drug-likeness (QED) is 0.0514. The van der Waals surface area contributed by atoms with E-state index in [1.165, 1.54) is 98.0 Å². The van der Waals surface area contributed by atoms with Crippen molar-refractivity contribution in [2.45, 2.75) is 75.8 Å². The fourth-order valence-corrected chi connectivity index (χ4v) is 16.9. The second kappa shape index (κ2) is 23.3. The standard InChI is InChI=1S/C73H59NO12S3/c1-46-9-27-61(28-10-46)87(77,78)63-31-23-59(24-32-63)84-57-19-15-53(16-20-57)73(55-40-48-39-49(42-55)43-56(73)41-48)54-17-21-58(22-18-54)85-60-25-33-64(34-26-60)88(79,80)62-29-12-50(13-30-62)66-36-14-51(45-69(66)72(76)86-70-8-3-4-37-74-70)67-35-11-47(2)38-68(67)71(75)52-6-5-7-65(44-52)89(81,82)83/h3-38,44-45,48-49,55-56H,39-43H2,1-2H3,(H,81,82,83). The van der Waals surface area contributed by atoms with E-state index in [-0.39, 0.29) is 47.6 Å². The van der Waals surface area contributed by atoms with Crippen LogP contribution in [0.5, 0.6) is 28.9 Å². The monoisotopic (exact) mass is 1240 g/mol. The van der Waals surface area contributed by atoms with Crippen LogP contribution in [0.3, 0.4) is 0 Å². The lowest BCUT2D eigenvalue weighted by molar-refractivity contribution is -0.0418. The van der Waals surface area contributed by atoms with Crippen LogP contribution in [0.2, 0.25) is 0 Å². The highest BCUT2D eigenvalue weighted by Crippen LogP contribution is 2.65. The predicted molar refractivity (Wildman–Crippen MR) is 337 cm³/mol. The van der Waals surface area contributed by atoms with Crippen LogP contribution < -0.4 is 14.2 Å². The van der Waals surface area contributed by atoms with Gasteiger partial charge in [-0.2, -0.15) is 8.42 Å². The van der Waals surface area contributed by atoms with Gasteiger partial charge in [-0.05, 0) is 230 Å². The van der Waals surface area contributed by atoms with Crippen molar-refractivity contribution < 1.29 is 53.6 Å². The number of rotatable bonds is 17. The molecule has 1 aromatic heterocycles. The Bertz CT molecular complexity index is 4680. The minimum absolute atomic E-state index is 0.0144. The SMILES string of the molecule is Cc1ccc(S(=O)(=O)c2ccc(Oc3ccc(C4(c5ccc(Oc6ccc(S(=O)(=O)c7ccc(-c8ccc(-c9ccc(C)cc9C(=O)c9cccc(S(=O)(=O)O)c9)cc8C(=O)Oc8ccccn8)cc7)cc6)cc5)C5CC6CC(C5)CC4C6)cc3)cc2)cc1. The van der Waals surface area contributed by atoms with Crippen molar-refractivity contribution in [3.05, 3.63) is 270 Å². The molecule has 13 nitrogen and oxygen atoms in total. The molecule has 0 unspecified atom stereocenters. The van der Waals surface area contributed by atoms with Crippen LogP contribution in [-0.4, -0.2) is 46.5 Å². The average molecular weight is 1240 g/mol. The first kappa shape index (κ1) is 58.7. The van der Waals surface area contributed by atoms with E-state index in [0.717, 1.165) is 29.0 Å². The Labute approximate surface area is 517 Å². The minimum Gasteiger partial charge on any atom is -0.457 e. The van der Waals surface area contributed by atoms with Gasteiger partial charge in [0.2, 0.25) is 25.6 Å². The van der Waals surface area contributed by atoms with Crippen molar-refractivity contribution in [1.29, 1.82) is 0 Å². The molecule has 10 aromatic rings. The molecule has 1 heterocycles. The zero-order chi connectivity index (χ0) is 61.8. The summed E-state index contributed by atoms with van der Waals surface area (Å²) in [5, 5.41) is 0. The summed E-state index contributed by atoms with van der Waals surface area (Å²) in [6.07, 6.45) is 7.48. The van der Waals surface area contributed by atoms with Gasteiger partial charge < -0.3 is 14.2 Å². The molecule has 0 radical (unpaired) electrons. The van der Waals surface area contributed by atoms with E-state index in [2.05, 4.69) is 29.2 Å². The number of hydrogen-bond donors (Lipinski definition) is 1. The summed E-state index contributed by atoms with van der Waals surface area (Å²) in [6, 6.07) is 62.7. The first-order valence-corrected chi connectivity index (χ1v) is 33.6. The van der Waals surface area contributed by atoms with E-state index in [1.807, 2.05) is 31.2 Å². The molecule has 446 valence electrons. The molecular weight excluding hydrogens is 1180 g/mol. The Morgan fingerprint density at radius 1 is 0.449 bits per heavy atom. The summed E-state index contributed by atoms with van der Waals surface area (Å²) in [7, 11) is -12.3. The maximum Gasteiger partial charge on any atom is 0.345 e. The Morgan fingerprint density at radius 2 is 0.910 bits per heavy atom. The molecule has 4 fully saturated rings. The fraction of sp³-hybridized carbons (Fsp3) is 0.164. The smallest absolute Gasteiger partial charge is 0.345 e. The van der Waals surface area contributed by atoms with Gasteiger partial charge in [0, 0.05) is 28.8 Å². The van der Waals surface area contributed by atoms with Gasteiger partial charge in [0.05, 0.1) is 30.0 Å². The second-order valence-corrected chi connectivity index (χ2v) is 28.7. The number of ketones is 1. The van der Waals surface area contributed by atoms with Crippen LogP contribution in [0.1, 0.15) is 80.6 Å². The van der Waals surface area contributed by atoms with Gasteiger partial charge in [0.15, 0.2) is 5.78 Å². The van der Waals surface area contributed by atoms with Crippen LogP contribution in [0, 0.1) is 37.5 Å². The number of benzene rings is 9. The lowest BCUT2D eigenvalue weighted by atomic mass is 9.42. The molecule has 0 atom stereocenters. The third kappa shape index (κ3) is 11.5. The number of carbonyl (C=O) groups is 2. The van der Waals surface area contributed by atoms with E-state index >= 15 is 0 Å². The van der Waals surface area contributed by atoms with Crippen LogP contribution >= 0.6 is 0 Å². The normalized spacial score (nSPS) is 18.7. The summed E-state index contributed by atoms with van der Waals surface area (Å²) in [4.78, 5) is 32.5. The molecule has 4 bridgehead atoms. The van der Waals surface area contributed by atoms with Crippen molar-refractivity contribution >= 4 is 41.5 Å². The Hall–Kier alpha value is -9.32. The van der Waals surface area contributed by atoms with Crippen molar-refractivity contribution in [2.75, 3.05) is 0 Å². The van der Waals surface area contributed by atoms with Gasteiger partial charge in [-0.25, -0.2) is 26.6 Å². The molecule has 0 amide bonds. The fourth-order valence-electron chi connectivity index (χ4n) is 13.8. The average Bonchev–Trinajstić information content (AvgIpc) is 0.987. The number of hydrogen-bond acceptors (Lipinski definition) is 12. The molecular formula is C73H59NO12S3. The van der Waals surface area contributed by atoms with Crippen LogP contribution in [-0.2, 0) is 35.2 Å². The number of sulfone groups is 2. The van der Waals surface area contributed by atoms with Crippen molar-refractivity contribution in [2.24, 2.45) is 23.7 Å². The lowest BCUT2D eigenvalue weighted by Gasteiger charge is -2.62. The maximum absolute atomic E-state index is 14.2. The molecule has 9 aromatic carbocycles. The van der Waals surface area contributed by atoms with Crippen molar-refractivity contribution in [3.8, 4) is 51.1 Å². The number of ether oxygens (including phenoxy) is 3. The van der Waals surface area contributed by atoms with Gasteiger partial charge in [-0.3, -0.25) is 9.35 Å². The van der Waals surface area contributed by atoms with Crippen molar-refractivity contribution in [1.82, 2.24) is 4.98 Å². The minimum atomic E-state index is -4.60. The molecule has 4 aliphatic carbocycles.